The van der Waals surface area contributed by atoms with Gasteiger partial charge in [-0.2, -0.15) is 0 Å². The molecule has 0 atom stereocenters. The highest BCUT2D eigenvalue weighted by Crippen LogP contribution is 2.37. The number of ether oxygens (including phenoxy) is 1. The largest absolute Gasteiger partial charge is 0.444 e. The fraction of sp³-hybridized carbons (Fsp3) is 0.500. The van der Waals surface area contributed by atoms with E-state index < -0.39 is 12.3 Å². The van der Waals surface area contributed by atoms with Gasteiger partial charge >= 0.3 is 6.09 Å². The molecule has 0 unspecified atom stereocenters. The van der Waals surface area contributed by atoms with Crippen LogP contribution in [-0.4, -0.2) is 52.7 Å². The molecule has 9 heteroatoms. The molecule has 1 aliphatic heterocycles. The Morgan fingerprint density at radius 2 is 1.96 bits per heavy atom. The van der Waals surface area contributed by atoms with Crippen molar-refractivity contribution >= 4 is 50.3 Å². The molecule has 146 valence electrons. The molecule has 0 N–H and O–H groups in total. The highest BCUT2D eigenvalue weighted by Gasteiger charge is 2.28. The lowest BCUT2D eigenvalue weighted by molar-refractivity contribution is 0.0240. The zero-order chi connectivity index (χ0) is 19.8. The SMILES string of the molecule is CC(C)(C)OC(=O)N1CCN(c2ncnc3cc(Br)c(Cl)c(CF)c23)CC1. The summed E-state index contributed by atoms with van der Waals surface area (Å²) in [4.78, 5) is 24.6. The summed E-state index contributed by atoms with van der Waals surface area (Å²) in [6.45, 7) is 6.92. The van der Waals surface area contributed by atoms with Gasteiger partial charge in [0.15, 0.2) is 0 Å². The number of hydrogen-bond donors (Lipinski definition) is 0. The molecule has 0 bridgehead atoms. The second kappa shape index (κ2) is 7.75. The Kier molecular flexibility index (Phi) is 5.76. The quantitative estimate of drug-likeness (QED) is 0.658. The van der Waals surface area contributed by atoms with Crippen LogP contribution in [0.25, 0.3) is 10.9 Å². The number of carbonyl (C=O) groups is 1. The Bertz CT molecular complexity index is 867. The van der Waals surface area contributed by atoms with Crippen molar-refractivity contribution in [1.82, 2.24) is 14.9 Å². The van der Waals surface area contributed by atoms with Gasteiger partial charge in [-0.05, 0) is 42.8 Å². The molecule has 2 aromatic rings. The van der Waals surface area contributed by atoms with Crippen molar-refractivity contribution in [3.8, 4) is 0 Å². The molecule has 0 saturated carbocycles. The van der Waals surface area contributed by atoms with E-state index >= 15 is 0 Å². The molecule has 2 heterocycles. The van der Waals surface area contributed by atoms with Crippen molar-refractivity contribution < 1.29 is 13.9 Å². The number of carbonyl (C=O) groups excluding carboxylic acids is 1. The van der Waals surface area contributed by atoms with E-state index in [2.05, 4.69) is 25.9 Å². The predicted octanol–water partition coefficient (Wildman–Crippen LogP) is 4.57. The Morgan fingerprint density at radius 1 is 1.30 bits per heavy atom. The normalized spacial score (nSPS) is 15.3. The number of halogens is 3. The highest BCUT2D eigenvalue weighted by molar-refractivity contribution is 9.10. The van der Waals surface area contributed by atoms with Gasteiger partial charge in [-0.15, -0.1) is 0 Å². The summed E-state index contributed by atoms with van der Waals surface area (Å²) >= 11 is 9.62. The zero-order valence-electron chi connectivity index (χ0n) is 15.4. The first kappa shape index (κ1) is 20.1. The van der Waals surface area contributed by atoms with E-state index in [9.17, 15) is 9.18 Å². The number of alkyl halides is 1. The van der Waals surface area contributed by atoms with E-state index in [4.69, 9.17) is 16.3 Å². The smallest absolute Gasteiger partial charge is 0.410 e. The van der Waals surface area contributed by atoms with Crippen LogP contribution in [0.2, 0.25) is 5.02 Å². The Balaban J connectivity index is 1.86. The van der Waals surface area contributed by atoms with Gasteiger partial charge in [-0.3, -0.25) is 0 Å². The molecule has 3 rings (SSSR count). The molecule has 1 aromatic carbocycles. The summed E-state index contributed by atoms with van der Waals surface area (Å²) in [6, 6.07) is 1.76. The van der Waals surface area contributed by atoms with Gasteiger partial charge < -0.3 is 14.5 Å². The molecule has 1 fully saturated rings. The van der Waals surface area contributed by atoms with Gasteiger partial charge in [0.2, 0.25) is 0 Å². The lowest BCUT2D eigenvalue weighted by Gasteiger charge is -2.36. The van der Waals surface area contributed by atoms with Crippen molar-refractivity contribution in [2.45, 2.75) is 33.0 Å². The maximum atomic E-state index is 13.7. The summed E-state index contributed by atoms with van der Waals surface area (Å²) in [5, 5.41) is 0.937. The monoisotopic (exact) mass is 458 g/mol. The number of aromatic nitrogens is 2. The lowest BCUT2D eigenvalue weighted by atomic mass is 10.1. The average molecular weight is 460 g/mol. The van der Waals surface area contributed by atoms with Crippen LogP contribution in [0.3, 0.4) is 0 Å². The number of amides is 1. The number of anilines is 1. The molecule has 1 aromatic heterocycles. The average Bonchev–Trinajstić information content (AvgIpc) is 2.61. The van der Waals surface area contributed by atoms with Crippen LogP contribution >= 0.6 is 27.5 Å². The third kappa shape index (κ3) is 4.27. The van der Waals surface area contributed by atoms with Gasteiger partial charge in [0, 0.05) is 36.2 Å². The van der Waals surface area contributed by atoms with E-state index in [1.165, 1.54) is 6.33 Å². The molecule has 0 radical (unpaired) electrons. The number of fused-ring (bicyclic) bond motifs is 1. The Morgan fingerprint density at radius 3 is 2.56 bits per heavy atom. The van der Waals surface area contributed by atoms with Gasteiger partial charge in [-0.1, -0.05) is 11.6 Å². The van der Waals surface area contributed by atoms with Crippen LogP contribution in [-0.2, 0) is 11.4 Å². The lowest BCUT2D eigenvalue weighted by Crippen LogP contribution is -2.50. The number of piperazine rings is 1. The van der Waals surface area contributed by atoms with Crippen molar-refractivity contribution in [2.75, 3.05) is 31.1 Å². The van der Waals surface area contributed by atoms with E-state index in [1.807, 2.05) is 25.7 Å². The summed E-state index contributed by atoms with van der Waals surface area (Å²) < 4.78 is 19.7. The minimum Gasteiger partial charge on any atom is -0.444 e. The molecule has 1 saturated heterocycles. The number of hydrogen-bond acceptors (Lipinski definition) is 5. The van der Waals surface area contributed by atoms with Crippen molar-refractivity contribution in [3.63, 3.8) is 0 Å². The van der Waals surface area contributed by atoms with Crippen molar-refractivity contribution in [3.05, 3.63) is 27.5 Å². The van der Waals surface area contributed by atoms with Crippen molar-refractivity contribution in [1.29, 1.82) is 0 Å². The molecular formula is C18H21BrClFN4O2. The van der Waals surface area contributed by atoms with E-state index in [1.54, 1.807) is 11.0 Å². The standard InChI is InChI=1S/C18H21BrClFN4O2/c1-18(2,3)27-17(26)25-6-4-24(5-7-25)16-14-11(9-21)15(20)12(19)8-13(14)22-10-23-16/h8,10H,4-7,9H2,1-3H3. The van der Waals surface area contributed by atoms with Crippen LogP contribution in [0.4, 0.5) is 15.0 Å². The van der Waals surface area contributed by atoms with Crippen LogP contribution in [0.5, 0.6) is 0 Å². The Labute approximate surface area is 170 Å². The third-order valence-corrected chi connectivity index (χ3v) is 5.55. The van der Waals surface area contributed by atoms with Gasteiger partial charge in [0.05, 0.1) is 15.9 Å². The van der Waals surface area contributed by atoms with Crippen LogP contribution in [0.15, 0.2) is 16.9 Å². The van der Waals surface area contributed by atoms with Crippen LogP contribution in [0.1, 0.15) is 26.3 Å². The topological polar surface area (TPSA) is 58.6 Å². The summed E-state index contributed by atoms with van der Waals surface area (Å²) in [5.74, 6) is 0.630. The molecular weight excluding hydrogens is 439 g/mol. The number of rotatable bonds is 2. The molecule has 0 aliphatic carbocycles. The zero-order valence-corrected chi connectivity index (χ0v) is 17.8. The predicted molar refractivity (Wildman–Crippen MR) is 107 cm³/mol. The molecule has 27 heavy (non-hydrogen) atoms. The molecule has 6 nitrogen and oxygen atoms in total. The second-order valence-electron chi connectivity index (χ2n) is 7.33. The van der Waals surface area contributed by atoms with E-state index in [0.717, 1.165) is 0 Å². The molecule has 1 amide bonds. The van der Waals surface area contributed by atoms with Gasteiger partial charge in [0.1, 0.15) is 24.4 Å². The first-order valence-corrected chi connectivity index (χ1v) is 9.79. The summed E-state index contributed by atoms with van der Waals surface area (Å²) in [5.41, 5.74) is 0.460. The number of benzene rings is 1. The Hall–Kier alpha value is -1.67. The number of nitrogens with zero attached hydrogens (tertiary/aromatic N) is 4. The maximum absolute atomic E-state index is 13.7. The minimum atomic E-state index is -0.715. The van der Waals surface area contributed by atoms with Crippen molar-refractivity contribution in [2.24, 2.45) is 0 Å². The fourth-order valence-corrected chi connectivity index (χ4v) is 3.67. The first-order valence-electron chi connectivity index (χ1n) is 8.61. The van der Waals surface area contributed by atoms with Crippen LogP contribution in [0, 0.1) is 0 Å². The molecule has 0 spiro atoms. The van der Waals surface area contributed by atoms with Gasteiger partial charge in [-0.25, -0.2) is 19.2 Å². The summed E-state index contributed by atoms with van der Waals surface area (Å²) in [6.07, 6.45) is 1.13. The fourth-order valence-electron chi connectivity index (χ4n) is 3.02. The highest BCUT2D eigenvalue weighted by atomic mass is 79.9. The summed E-state index contributed by atoms with van der Waals surface area (Å²) in [7, 11) is 0. The van der Waals surface area contributed by atoms with Gasteiger partial charge in [0.25, 0.3) is 0 Å². The molecule has 1 aliphatic rings. The third-order valence-electron chi connectivity index (χ3n) is 4.26. The van der Waals surface area contributed by atoms with E-state index in [-0.39, 0.29) is 6.09 Å². The minimum absolute atomic E-state index is 0.327. The first-order chi connectivity index (χ1) is 12.7. The van der Waals surface area contributed by atoms with E-state index in [0.29, 0.717) is 58.0 Å². The second-order valence-corrected chi connectivity index (χ2v) is 8.56. The maximum Gasteiger partial charge on any atom is 0.410 e. The van der Waals surface area contributed by atoms with Crippen LogP contribution < -0.4 is 4.90 Å².